The minimum absolute atomic E-state index is 0.266. The van der Waals surface area contributed by atoms with Gasteiger partial charge in [-0.15, -0.1) is 5.54 Å². The standard InChI is InChI=1S/C32H29N5SSi/c1-39(2,3)23-22-24-18-20-27(21-19-24)36-31(26-14-8-5-9-15-26)37(32-33-28-16-10-11-17-29(28)38-32)35-30(34-36)25-12-6-4-7-13-25/h4-21,31H,1-3H3,(H,34,35). The summed E-state index contributed by atoms with van der Waals surface area (Å²) in [5.41, 5.74) is 12.1. The lowest BCUT2D eigenvalue weighted by Gasteiger charge is -2.42. The number of thiazole rings is 1. The van der Waals surface area contributed by atoms with Crippen LogP contribution in [0.1, 0.15) is 22.9 Å². The Bertz CT molecular complexity index is 1650. The van der Waals surface area contributed by atoms with Crippen molar-refractivity contribution in [1.29, 1.82) is 0 Å². The Kier molecular flexibility index (Phi) is 6.65. The smallest absolute Gasteiger partial charge is 0.207 e. The zero-order chi connectivity index (χ0) is 26.8. The van der Waals surface area contributed by atoms with E-state index in [0.717, 1.165) is 43.6 Å². The average Bonchev–Trinajstić information content (AvgIpc) is 3.41. The number of para-hydroxylation sites is 1. The molecule has 1 aliphatic heterocycles. The van der Waals surface area contributed by atoms with Crippen LogP contribution in [0.4, 0.5) is 10.8 Å². The summed E-state index contributed by atoms with van der Waals surface area (Å²) in [5.74, 6) is 4.12. The maximum absolute atomic E-state index is 5.17. The number of hydrazone groups is 1. The van der Waals surface area contributed by atoms with Gasteiger partial charge in [0.2, 0.25) is 5.13 Å². The molecule has 0 saturated heterocycles. The first-order chi connectivity index (χ1) is 18.9. The fourth-order valence-electron chi connectivity index (χ4n) is 4.37. The van der Waals surface area contributed by atoms with E-state index >= 15 is 0 Å². The Hall–Kier alpha value is -4.38. The van der Waals surface area contributed by atoms with Gasteiger partial charge >= 0.3 is 0 Å². The predicted molar refractivity (Wildman–Crippen MR) is 167 cm³/mol. The minimum Gasteiger partial charge on any atom is -0.275 e. The Labute approximate surface area is 234 Å². The molecule has 5 nitrogen and oxygen atoms in total. The van der Waals surface area contributed by atoms with Crippen molar-refractivity contribution in [2.24, 2.45) is 5.10 Å². The van der Waals surface area contributed by atoms with E-state index < -0.39 is 8.07 Å². The van der Waals surface area contributed by atoms with Gasteiger partial charge in [-0.25, -0.2) is 15.0 Å². The van der Waals surface area contributed by atoms with Crippen molar-refractivity contribution in [2.75, 3.05) is 10.0 Å². The summed E-state index contributed by atoms with van der Waals surface area (Å²) < 4.78 is 1.14. The number of benzene rings is 4. The van der Waals surface area contributed by atoms with Gasteiger partial charge in [0.1, 0.15) is 8.07 Å². The molecule has 1 unspecified atom stereocenters. The number of aromatic nitrogens is 1. The number of nitrogens with zero attached hydrogens (tertiary/aromatic N) is 4. The third-order valence-corrected chi connectivity index (χ3v) is 8.17. The lowest BCUT2D eigenvalue weighted by molar-refractivity contribution is 0.537. The molecule has 6 rings (SSSR count). The zero-order valence-corrected chi connectivity index (χ0v) is 24.0. The Morgan fingerprint density at radius 3 is 2.15 bits per heavy atom. The number of fused-ring (bicyclic) bond motifs is 1. The van der Waals surface area contributed by atoms with Crippen molar-refractivity contribution in [2.45, 2.75) is 25.8 Å². The van der Waals surface area contributed by atoms with Crippen LogP contribution in [0.5, 0.6) is 0 Å². The van der Waals surface area contributed by atoms with Crippen molar-refractivity contribution >= 4 is 46.3 Å². The summed E-state index contributed by atoms with van der Waals surface area (Å²) in [6.45, 7) is 6.78. The first kappa shape index (κ1) is 24.9. The van der Waals surface area contributed by atoms with Gasteiger partial charge in [0.05, 0.1) is 15.9 Å². The van der Waals surface area contributed by atoms with Gasteiger partial charge < -0.3 is 0 Å². The van der Waals surface area contributed by atoms with E-state index in [1.54, 1.807) is 11.3 Å². The van der Waals surface area contributed by atoms with E-state index in [4.69, 9.17) is 10.1 Å². The van der Waals surface area contributed by atoms with Gasteiger partial charge in [-0.3, -0.25) is 5.43 Å². The van der Waals surface area contributed by atoms with Crippen LogP contribution in [0, 0.1) is 11.5 Å². The van der Waals surface area contributed by atoms with Crippen molar-refractivity contribution < 1.29 is 0 Å². The van der Waals surface area contributed by atoms with E-state index in [0.29, 0.717) is 0 Å². The summed E-state index contributed by atoms with van der Waals surface area (Å²) in [7, 11) is -1.46. The summed E-state index contributed by atoms with van der Waals surface area (Å²) in [6.07, 6.45) is -0.266. The van der Waals surface area contributed by atoms with Gasteiger partial charge in [-0.2, -0.15) is 5.10 Å². The number of hydrogen-bond donors (Lipinski definition) is 1. The number of nitrogens with one attached hydrogen (secondary N) is 1. The molecule has 1 atom stereocenters. The molecule has 1 N–H and O–H groups in total. The fraction of sp³-hybridized carbons (Fsp3) is 0.125. The number of rotatable bonds is 4. The Morgan fingerprint density at radius 2 is 1.46 bits per heavy atom. The second-order valence-electron chi connectivity index (χ2n) is 10.4. The monoisotopic (exact) mass is 543 g/mol. The number of hydrazine groups is 1. The van der Waals surface area contributed by atoms with Gasteiger partial charge in [0.15, 0.2) is 12.0 Å². The molecule has 5 aromatic rings. The maximum Gasteiger partial charge on any atom is 0.207 e. The van der Waals surface area contributed by atoms with Crippen molar-refractivity contribution in [3.8, 4) is 11.5 Å². The lowest BCUT2D eigenvalue weighted by Crippen LogP contribution is -2.55. The maximum atomic E-state index is 5.17. The molecule has 1 aliphatic rings. The number of anilines is 2. The van der Waals surface area contributed by atoms with E-state index in [2.05, 4.69) is 125 Å². The third-order valence-electron chi connectivity index (χ3n) is 6.26. The van der Waals surface area contributed by atoms with Crippen LogP contribution in [0.2, 0.25) is 19.6 Å². The van der Waals surface area contributed by atoms with Gasteiger partial charge in [-0.05, 0) is 42.0 Å². The van der Waals surface area contributed by atoms with Crippen LogP contribution in [0.3, 0.4) is 0 Å². The second-order valence-corrected chi connectivity index (χ2v) is 16.2. The van der Waals surface area contributed by atoms with Crippen LogP contribution >= 0.6 is 11.3 Å². The highest BCUT2D eigenvalue weighted by Gasteiger charge is 2.35. The summed E-state index contributed by atoms with van der Waals surface area (Å²) in [4.78, 5) is 5.02. The van der Waals surface area contributed by atoms with Crippen LogP contribution in [-0.2, 0) is 0 Å². The largest absolute Gasteiger partial charge is 0.275 e. The quantitative estimate of drug-likeness (QED) is 0.189. The van der Waals surface area contributed by atoms with E-state index in [-0.39, 0.29) is 6.17 Å². The highest BCUT2D eigenvalue weighted by atomic mass is 32.1. The fourth-order valence-corrected chi connectivity index (χ4v) is 5.84. The van der Waals surface area contributed by atoms with Crippen molar-refractivity contribution in [3.63, 3.8) is 0 Å². The van der Waals surface area contributed by atoms with Crippen molar-refractivity contribution in [3.05, 3.63) is 126 Å². The van der Waals surface area contributed by atoms with E-state index in [1.807, 2.05) is 30.3 Å². The van der Waals surface area contributed by atoms with Crippen LogP contribution in [0.15, 0.2) is 114 Å². The topological polar surface area (TPSA) is 43.8 Å². The van der Waals surface area contributed by atoms with Gasteiger partial charge in [-0.1, -0.05) is 110 Å². The predicted octanol–water partition coefficient (Wildman–Crippen LogP) is 7.42. The molecule has 0 amide bonds. The zero-order valence-electron chi connectivity index (χ0n) is 22.2. The molecule has 0 saturated carbocycles. The minimum atomic E-state index is -1.46. The van der Waals surface area contributed by atoms with E-state index in [1.165, 1.54) is 0 Å². The third kappa shape index (κ3) is 5.44. The van der Waals surface area contributed by atoms with E-state index in [9.17, 15) is 0 Å². The highest BCUT2D eigenvalue weighted by Crippen LogP contribution is 2.38. The molecular formula is C32H29N5SSi. The molecule has 0 spiro atoms. The lowest BCUT2D eigenvalue weighted by atomic mass is 10.1. The first-order valence-corrected chi connectivity index (χ1v) is 17.3. The number of amidine groups is 1. The van der Waals surface area contributed by atoms with Gasteiger partial charge in [0.25, 0.3) is 0 Å². The summed E-state index contributed by atoms with van der Waals surface area (Å²) in [6, 6.07) is 37.3. The Balaban J connectivity index is 1.50. The molecule has 39 heavy (non-hydrogen) atoms. The molecule has 0 fully saturated rings. The molecular weight excluding hydrogens is 515 g/mol. The molecule has 4 aromatic carbocycles. The normalized spacial score (nSPS) is 15.4. The SMILES string of the molecule is C[Si](C)(C)C#Cc1ccc(N2N=C(c3ccccc3)NN(c3nc4ccccc4s3)C2c2ccccc2)cc1. The molecule has 1 aromatic heterocycles. The Morgan fingerprint density at radius 1 is 0.795 bits per heavy atom. The molecule has 2 heterocycles. The molecule has 192 valence electrons. The van der Waals surface area contributed by atoms with Crippen LogP contribution in [0.25, 0.3) is 10.2 Å². The van der Waals surface area contributed by atoms with Crippen LogP contribution < -0.4 is 15.4 Å². The van der Waals surface area contributed by atoms with Gasteiger partial charge in [0, 0.05) is 11.1 Å². The summed E-state index contributed by atoms with van der Waals surface area (Å²) >= 11 is 1.66. The second kappa shape index (κ2) is 10.4. The molecule has 7 heteroatoms. The molecule has 0 radical (unpaired) electrons. The highest BCUT2D eigenvalue weighted by molar-refractivity contribution is 7.22. The van der Waals surface area contributed by atoms with Crippen LogP contribution in [-0.4, -0.2) is 18.9 Å². The summed E-state index contributed by atoms with van der Waals surface area (Å²) in [5, 5.41) is 10.3. The van der Waals surface area contributed by atoms with Crippen molar-refractivity contribution in [1.82, 2.24) is 10.4 Å². The number of hydrogen-bond acceptors (Lipinski definition) is 6. The molecule has 0 aliphatic carbocycles. The first-order valence-electron chi connectivity index (χ1n) is 13.0. The average molecular weight is 544 g/mol. The molecule has 0 bridgehead atoms.